The summed E-state index contributed by atoms with van der Waals surface area (Å²) in [7, 11) is -3.50. The highest BCUT2D eigenvalue weighted by Gasteiger charge is 2.24. The van der Waals surface area contributed by atoms with Gasteiger partial charge in [0.05, 0.1) is 0 Å². The minimum atomic E-state index is -3.50. The molecule has 1 aromatic rings. The van der Waals surface area contributed by atoms with E-state index >= 15 is 0 Å². The molecule has 0 saturated carbocycles. The molecule has 1 aromatic heterocycles. The maximum atomic E-state index is 11.9. The molecule has 6 heteroatoms. The third kappa shape index (κ3) is 2.57. The molecular formula is C9H16N2O3S. The third-order valence-electron chi connectivity index (χ3n) is 2.21. The summed E-state index contributed by atoms with van der Waals surface area (Å²) in [5.74, 6) is 0.323. The van der Waals surface area contributed by atoms with Crippen molar-refractivity contribution >= 4 is 10.0 Å². The predicted molar refractivity (Wildman–Crippen MR) is 56.1 cm³/mol. The lowest BCUT2D eigenvalue weighted by Gasteiger charge is -2.11. The van der Waals surface area contributed by atoms with Crippen molar-refractivity contribution in [3.8, 4) is 0 Å². The number of aromatic nitrogens is 1. The van der Waals surface area contributed by atoms with Crippen LogP contribution < -0.4 is 4.72 Å². The second kappa shape index (κ2) is 4.32. The van der Waals surface area contributed by atoms with Crippen molar-refractivity contribution in [2.75, 3.05) is 0 Å². The van der Waals surface area contributed by atoms with Crippen molar-refractivity contribution < 1.29 is 12.9 Å². The summed E-state index contributed by atoms with van der Waals surface area (Å²) in [6, 6.07) is -0.0938. The van der Waals surface area contributed by atoms with E-state index in [-0.39, 0.29) is 10.9 Å². The Balaban J connectivity index is 3.07. The molecule has 0 aliphatic carbocycles. The van der Waals surface area contributed by atoms with Gasteiger partial charge in [0.2, 0.25) is 10.0 Å². The first-order chi connectivity index (χ1) is 6.88. The molecule has 0 spiro atoms. The summed E-state index contributed by atoms with van der Waals surface area (Å²) in [4.78, 5) is 0.155. The largest absolute Gasteiger partial charge is 0.360 e. The summed E-state index contributed by atoms with van der Waals surface area (Å²) < 4.78 is 31.2. The van der Waals surface area contributed by atoms with Crippen LogP contribution in [-0.2, 0) is 10.0 Å². The Morgan fingerprint density at radius 1 is 1.47 bits per heavy atom. The highest BCUT2D eigenvalue weighted by atomic mass is 32.2. The van der Waals surface area contributed by atoms with Crippen molar-refractivity contribution in [3.05, 3.63) is 11.5 Å². The van der Waals surface area contributed by atoms with Crippen LogP contribution in [0.25, 0.3) is 0 Å². The summed E-state index contributed by atoms with van der Waals surface area (Å²) >= 11 is 0. The average molecular weight is 232 g/mol. The molecule has 0 aliphatic heterocycles. The predicted octanol–water partition coefficient (Wildman–Crippen LogP) is 1.37. The molecule has 0 radical (unpaired) electrons. The molecule has 0 unspecified atom stereocenters. The van der Waals surface area contributed by atoms with Crippen molar-refractivity contribution in [1.82, 2.24) is 9.88 Å². The fraction of sp³-hybridized carbons (Fsp3) is 0.667. The smallest absolute Gasteiger partial charge is 0.246 e. The number of hydrogen-bond acceptors (Lipinski definition) is 4. The summed E-state index contributed by atoms with van der Waals surface area (Å²) in [6.07, 6.45) is 0.739. The molecule has 0 fully saturated rings. The van der Waals surface area contributed by atoms with E-state index in [1.807, 2.05) is 13.8 Å². The Kier molecular flexibility index (Phi) is 3.51. The zero-order chi connectivity index (χ0) is 11.6. The second-order valence-corrected chi connectivity index (χ2v) is 5.23. The van der Waals surface area contributed by atoms with E-state index in [9.17, 15) is 8.42 Å². The molecule has 0 bridgehead atoms. The van der Waals surface area contributed by atoms with Crippen LogP contribution in [0.3, 0.4) is 0 Å². The average Bonchev–Trinajstić information content (AvgIpc) is 2.45. The molecule has 1 heterocycles. The van der Waals surface area contributed by atoms with Crippen LogP contribution in [0.15, 0.2) is 9.42 Å². The number of nitrogens with one attached hydrogen (secondary N) is 1. The van der Waals surface area contributed by atoms with Gasteiger partial charge in [-0.15, -0.1) is 0 Å². The lowest BCUT2D eigenvalue weighted by Crippen LogP contribution is -2.32. The second-order valence-electron chi connectivity index (χ2n) is 3.58. The molecule has 86 valence electrons. The van der Waals surface area contributed by atoms with Gasteiger partial charge < -0.3 is 4.52 Å². The molecule has 0 saturated heterocycles. The van der Waals surface area contributed by atoms with Gasteiger partial charge in [-0.3, -0.25) is 0 Å². The van der Waals surface area contributed by atoms with Gasteiger partial charge in [-0.05, 0) is 27.2 Å². The molecule has 1 rings (SSSR count). The van der Waals surface area contributed by atoms with Gasteiger partial charge in [-0.1, -0.05) is 12.1 Å². The molecule has 0 aliphatic rings. The number of rotatable bonds is 4. The summed E-state index contributed by atoms with van der Waals surface area (Å²) in [5, 5.41) is 3.62. The molecule has 5 nitrogen and oxygen atoms in total. The van der Waals surface area contributed by atoms with E-state index in [2.05, 4.69) is 9.88 Å². The number of aryl methyl sites for hydroxylation is 2. The van der Waals surface area contributed by atoms with Crippen LogP contribution in [0.2, 0.25) is 0 Å². The van der Waals surface area contributed by atoms with Gasteiger partial charge in [-0.2, -0.15) is 0 Å². The highest BCUT2D eigenvalue weighted by molar-refractivity contribution is 7.89. The van der Waals surface area contributed by atoms with Gasteiger partial charge >= 0.3 is 0 Å². The Labute approximate surface area is 89.9 Å². The number of nitrogens with zero attached hydrogens (tertiary/aromatic N) is 1. The molecule has 1 atom stereocenters. The van der Waals surface area contributed by atoms with Crippen molar-refractivity contribution in [1.29, 1.82) is 0 Å². The highest BCUT2D eigenvalue weighted by Crippen LogP contribution is 2.18. The first-order valence-corrected chi connectivity index (χ1v) is 6.32. The van der Waals surface area contributed by atoms with Gasteiger partial charge in [0, 0.05) is 6.04 Å². The maximum Gasteiger partial charge on any atom is 0.246 e. The quantitative estimate of drug-likeness (QED) is 0.851. The first-order valence-electron chi connectivity index (χ1n) is 4.83. The minimum Gasteiger partial charge on any atom is -0.360 e. The van der Waals surface area contributed by atoms with Crippen LogP contribution in [0.1, 0.15) is 31.7 Å². The fourth-order valence-corrected chi connectivity index (χ4v) is 2.92. The zero-order valence-corrected chi connectivity index (χ0v) is 10.2. The van der Waals surface area contributed by atoms with Gasteiger partial charge in [0.1, 0.15) is 10.6 Å². The van der Waals surface area contributed by atoms with Crippen LogP contribution in [-0.4, -0.2) is 19.6 Å². The van der Waals surface area contributed by atoms with Crippen LogP contribution in [0.5, 0.6) is 0 Å². The molecule has 0 aromatic carbocycles. The van der Waals surface area contributed by atoms with E-state index in [0.717, 1.165) is 6.42 Å². The fourth-order valence-electron chi connectivity index (χ4n) is 1.27. The van der Waals surface area contributed by atoms with Crippen molar-refractivity contribution in [2.45, 2.75) is 45.1 Å². The van der Waals surface area contributed by atoms with Crippen molar-refractivity contribution in [2.24, 2.45) is 0 Å². The Morgan fingerprint density at radius 2 is 2.07 bits per heavy atom. The van der Waals surface area contributed by atoms with Crippen LogP contribution >= 0.6 is 0 Å². The SMILES string of the molecule is CC[C@H](C)NS(=O)(=O)c1c(C)noc1C. The van der Waals surface area contributed by atoms with E-state index in [0.29, 0.717) is 11.5 Å². The Bertz CT molecular complexity index is 417. The minimum absolute atomic E-state index is 0.0938. The van der Waals surface area contributed by atoms with E-state index in [1.165, 1.54) is 0 Å². The monoisotopic (exact) mass is 232 g/mol. The topological polar surface area (TPSA) is 72.2 Å². The van der Waals surface area contributed by atoms with E-state index in [4.69, 9.17) is 4.52 Å². The Hall–Kier alpha value is -0.880. The zero-order valence-electron chi connectivity index (χ0n) is 9.36. The third-order valence-corrected chi connectivity index (χ3v) is 4.04. The Morgan fingerprint density at radius 3 is 2.47 bits per heavy atom. The van der Waals surface area contributed by atoms with E-state index < -0.39 is 10.0 Å². The van der Waals surface area contributed by atoms with Crippen LogP contribution in [0, 0.1) is 13.8 Å². The lowest BCUT2D eigenvalue weighted by molar-refractivity contribution is 0.390. The normalized spacial score (nSPS) is 14.1. The molecular weight excluding hydrogens is 216 g/mol. The summed E-state index contributed by atoms with van der Waals surface area (Å²) in [5.41, 5.74) is 0.392. The molecule has 0 amide bonds. The molecule has 1 N–H and O–H groups in total. The lowest BCUT2D eigenvalue weighted by atomic mass is 10.3. The van der Waals surface area contributed by atoms with Gasteiger partial charge in [0.25, 0.3) is 0 Å². The molecule has 15 heavy (non-hydrogen) atoms. The van der Waals surface area contributed by atoms with E-state index in [1.54, 1.807) is 13.8 Å². The van der Waals surface area contributed by atoms with Gasteiger partial charge in [-0.25, -0.2) is 13.1 Å². The van der Waals surface area contributed by atoms with Crippen molar-refractivity contribution in [3.63, 3.8) is 0 Å². The maximum absolute atomic E-state index is 11.9. The first kappa shape index (κ1) is 12.2. The number of hydrogen-bond donors (Lipinski definition) is 1. The van der Waals surface area contributed by atoms with Crippen LogP contribution in [0.4, 0.5) is 0 Å². The number of sulfonamides is 1. The van der Waals surface area contributed by atoms with Gasteiger partial charge in [0.15, 0.2) is 5.76 Å². The summed E-state index contributed by atoms with van der Waals surface area (Å²) in [6.45, 7) is 6.93. The standard InChI is InChI=1S/C9H16N2O3S/c1-5-6(2)11-15(12,13)9-7(3)10-14-8(9)4/h6,11H,5H2,1-4H3/t6-/m0/s1.